The van der Waals surface area contributed by atoms with Crippen molar-refractivity contribution in [1.82, 2.24) is 24.5 Å². The van der Waals surface area contributed by atoms with Crippen molar-refractivity contribution in [2.24, 2.45) is 0 Å². The van der Waals surface area contributed by atoms with Gasteiger partial charge in [0.15, 0.2) is 11.5 Å². The van der Waals surface area contributed by atoms with Crippen LogP contribution < -0.4 is 5.32 Å². The molecule has 142 valence electrons. The second-order valence-corrected chi connectivity index (χ2v) is 7.37. The predicted molar refractivity (Wildman–Crippen MR) is 99.9 cm³/mol. The molecule has 2 atom stereocenters. The van der Waals surface area contributed by atoms with Crippen molar-refractivity contribution in [3.8, 4) is 11.4 Å². The largest absolute Gasteiger partial charge is 0.351 e. The first kappa shape index (κ1) is 18.1. The van der Waals surface area contributed by atoms with E-state index in [9.17, 15) is 8.78 Å². The first-order chi connectivity index (χ1) is 12.9. The van der Waals surface area contributed by atoms with Gasteiger partial charge in [0.1, 0.15) is 16.7 Å². The second kappa shape index (κ2) is 7.01. The van der Waals surface area contributed by atoms with E-state index in [0.717, 1.165) is 19.3 Å². The van der Waals surface area contributed by atoms with E-state index in [1.807, 2.05) is 0 Å². The summed E-state index contributed by atoms with van der Waals surface area (Å²) < 4.78 is 29.9. The van der Waals surface area contributed by atoms with Crippen LogP contribution in [-0.2, 0) is 0 Å². The SMILES string of the molecule is CN(C)[C@@H]1CC[C@@H](Nc2nc(-c3c(F)cccc3F)nc3c(Cl)cnn23)C1. The molecule has 1 fully saturated rings. The van der Waals surface area contributed by atoms with Crippen molar-refractivity contribution in [2.75, 3.05) is 19.4 Å². The van der Waals surface area contributed by atoms with E-state index in [2.05, 4.69) is 39.4 Å². The third-order valence-corrected chi connectivity index (χ3v) is 5.25. The molecule has 0 spiro atoms. The summed E-state index contributed by atoms with van der Waals surface area (Å²) >= 11 is 6.17. The molecule has 1 aliphatic rings. The molecule has 3 aromatic rings. The molecule has 1 N–H and O–H groups in total. The van der Waals surface area contributed by atoms with Gasteiger partial charge in [-0.25, -0.2) is 13.8 Å². The van der Waals surface area contributed by atoms with Crippen LogP contribution >= 0.6 is 11.6 Å². The minimum atomic E-state index is -0.727. The molecule has 9 heteroatoms. The van der Waals surface area contributed by atoms with E-state index in [4.69, 9.17) is 11.6 Å². The predicted octanol–water partition coefficient (Wildman–Crippen LogP) is 3.62. The normalized spacial score (nSPS) is 19.9. The molecule has 1 saturated carbocycles. The van der Waals surface area contributed by atoms with E-state index in [-0.39, 0.29) is 22.5 Å². The number of rotatable bonds is 4. The van der Waals surface area contributed by atoms with Crippen molar-refractivity contribution in [1.29, 1.82) is 0 Å². The Hall–Kier alpha value is -2.32. The van der Waals surface area contributed by atoms with Crippen molar-refractivity contribution in [2.45, 2.75) is 31.3 Å². The van der Waals surface area contributed by atoms with E-state index in [1.54, 1.807) is 0 Å². The van der Waals surface area contributed by atoms with Crippen LogP contribution in [0.3, 0.4) is 0 Å². The molecule has 0 amide bonds. The molecule has 0 bridgehead atoms. The maximum Gasteiger partial charge on any atom is 0.228 e. The number of fused-ring (bicyclic) bond motifs is 1. The lowest BCUT2D eigenvalue weighted by molar-refractivity contribution is 0.297. The first-order valence-corrected chi connectivity index (χ1v) is 9.10. The summed E-state index contributed by atoms with van der Waals surface area (Å²) in [6.45, 7) is 0. The van der Waals surface area contributed by atoms with E-state index in [1.165, 1.54) is 28.9 Å². The number of hydrogen-bond donors (Lipinski definition) is 1. The Morgan fingerprint density at radius 3 is 2.59 bits per heavy atom. The molecule has 2 aromatic heterocycles. The summed E-state index contributed by atoms with van der Waals surface area (Å²) in [5.41, 5.74) is 0.0203. The number of hydrogen-bond acceptors (Lipinski definition) is 5. The van der Waals surface area contributed by atoms with E-state index in [0.29, 0.717) is 17.6 Å². The van der Waals surface area contributed by atoms with Crippen LogP contribution in [-0.4, -0.2) is 50.7 Å². The maximum absolute atomic E-state index is 14.2. The van der Waals surface area contributed by atoms with Gasteiger partial charge in [-0.3, -0.25) is 0 Å². The number of nitrogens with one attached hydrogen (secondary N) is 1. The molecule has 0 radical (unpaired) electrons. The molecule has 27 heavy (non-hydrogen) atoms. The highest BCUT2D eigenvalue weighted by Crippen LogP contribution is 2.29. The first-order valence-electron chi connectivity index (χ1n) is 8.72. The Balaban J connectivity index is 1.76. The number of aromatic nitrogens is 4. The highest BCUT2D eigenvalue weighted by atomic mass is 35.5. The molecule has 1 aliphatic carbocycles. The lowest BCUT2D eigenvalue weighted by Gasteiger charge is -2.19. The van der Waals surface area contributed by atoms with Gasteiger partial charge >= 0.3 is 0 Å². The molecule has 1 aromatic carbocycles. The zero-order valence-electron chi connectivity index (χ0n) is 15.0. The fraction of sp³-hybridized carbons (Fsp3) is 0.389. The van der Waals surface area contributed by atoms with Crippen LogP contribution in [0.25, 0.3) is 17.0 Å². The van der Waals surface area contributed by atoms with Gasteiger partial charge in [-0.2, -0.15) is 14.6 Å². The van der Waals surface area contributed by atoms with Crippen LogP contribution in [0, 0.1) is 11.6 Å². The highest BCUT2D eigenvalue weighted by Gasteiger charge is 2.27. The van der Waals surface area contributed by atoms with Gasteiger partial charge in [-0.1, -0.05) is 17.7 Å². The zero-order chi connectivity index (χ0) is 19.1. The van der Waals surface area contributed by atoms with E-state index < -0.39 is 11.6 Å². The topological polar surface area (TPSA) is 58.3 Å². The number of halogens is 3. The summed E-state index contributed by atoms with van der Waals surface area (Å²) in [6.07, 6.45) is 4.41. The van der Waals surface area contributed by atoms with E-state index >= 15 is 0 Å². The van der Waals surface area contributed by atoms with Gasteiger partial charge in [-0.15, -0.1) is 0 Å². The smallest absolute Gasteiger partial charge is 0.228 e. The standard InChI is InChI=1S/C18H19ClF2N6/c1-26(2)11-7-6-10(8-11)23-18-25-16(15-13(20)4-3-5-14(15)21)24-17-12(19)9-22-27(17)18/h3-5,9-11H,6-8H2,1-2H3,(H,23,24,25)/t10-,11-/m1/s1. The van der Waals surface area contributed by atoms with Crippen LogP contribution in [0.5, 0.6) is 0 Å². The van der Waals surface area contributed by atoms with Crippen LogP contribution in [0.1, 0.15) is 19.3 Å². The number of anilines is 1. The summed E-state index contributed by atoms with van der Waals surface area (Å²) in [7, 11) is 4.12. The van der Waals surface area contributed by atoms with Crippen LogP contribution in [0.2, 0.25) is 5.02 Å². The fourth-order valence-corrected chi connectivity index (χ4v) is 3.67. The van der Waals surface area contributed by atoms with Gasteiger partial charge < -0.3 is 10.2 Å². The Morgan fingerprint density at radius 2 is 1.93 bits per heavy atom. The van der Waals surface area contributed by atoms with Crippen molar-refractivity contribution >= 4 is 23.2 Å². The van der Waals surface area contributed by atoms with Gasteiger partial charge in [-0.05, 0) is 45.5 Å². The van der Waals surface area contributed by atoms with Crippen molar-refractivity contribution < 1.29 is 8.78 Å². The molecule has 4 rings (SSSR count). The maximum atomic E-state index is 14.2. The Labute approximate surface area is 160 Å². The number of nitrogens with zero attached hydrogens (tertiary/aromatic N) is 5. The lowest BCUT2D eigenvalue weighted by atomic mass is 10.2. The Morgan fingerprint density at radius 1 is 1.19 bits per heavy atom. The molecule has 0 aliphatic heterocycles. The van der Waals surface area contributed by atoms with Crippen LogP contribution in [0.15, 0.2) is 24.4 Å². The molecular weight excluding hydrogens is 374 g/mol. The van der Waals surface area contributed by atoms with Gasteiger partial charge in [0.2, 0.25) is 5.95 Å². The molecule has 0 unspecified atom stereocenters. The summed E-state index contributed by atoms with van der Waals surface area (Å²) in [4.78, 5) is 10.8. The van der Waals surface area contributed by atoms with Gasteiger partial charge in [0.05, 0.1) is 11.8 Å². The minimum Gasteiger partial charge on any atom is -0.351 e. The molecule has 2 heterocycles. The monoisotopic (exact) mass is 392 g/mol. The second-order valence-electron chi connectivity index (χ2n) is 6.97. The summed E-state index contributed by atoms with van der Waals surface area (Å²) in [5.74, 6) is -1.15. The lowest BCUT2D eigenvalue weighted by Crippen LogP contribution is -2.27. The average molecular weight is 393 g/mol. The third kappa shape index (κ3) is 3.35. The minimum absolute atomic E-state index is 0.0647. The van der Waals surface area contributed by atoms with Gasteiger partial charge in [0.25, 0.3) is 0 Å². The molecule has 6 nitrogen and oxygen atoms in total. The zero-order valence-corrected chi connectivity index (χ0v) is 15.7. The fourth-order valence-electron chi connectivity index (χ4n) is 3.51. The Bertz CT molecular complexity index is 969. The van der Waals surface area contributed by atoms with Gasteiger partial charge in [0, 0.05) is 12.1 Å². The molecule has 0 saturated heterocycles. The summed E-state index contributed by atoms with van der Waals surface area (Å²) in [6, 6.07) is 4.31. The average Bonchev–Trinajstić information content (AvgIpc) is 3.23. The quantitative estimate of drug-likeness (QED) is 0.735. The summed E-state index contributed by atoms with van der Waals surface area (Å²) in [5, 5.41) is 7.83. The Kier molecular flexibility index (Phi) is 4.69. The van der Waals surface area contributed by atoms with Crippen molar-refractivity contribution in [3.05, 3.63) is 41.1 Å². The van der Waals surface area contributed by atoms with Crippen LogP contribution in [0.4, 0.5) is 14.7 Å². The van der Waals surface area contributed by atoms with Crippen molar-refractivity contribution in [3.63, 3.8) is 0 Å². The highest BCUT2D eigenvalue weighted by molar-refractivity contribution is 6.33. The third-order valence-electron chi connectivity index (χ3n) is 4.98. The number of benzene rings is 1. The molecular formula is C18H19ClF2N6.